The van der Waals surface area contributed by atoms with Crippen LogP contribution in [0.5, 0.6) is 0 Å². The number of nitro groups is 1. The van der Waals surface area contributed by atoms with E-state index in [1.54, 1.807) is 12.1 Å². The second-order valence-corrected chi connectivity index (χ2v) is 4.69. The van der Waals surface area contributed by atoms with Crippen LogP contribution in [0.3, 0.4) is 0 Å². The summed E-state index contributed by atoms with van der Waals surface area (Å²) in [6, 6.07) is 9.84. The molecular formula is C14H10ClN3O4. The molecule has 0 aromatic heterocycles. The molecule has 2 aromatic rings. The maximum Gasteiger partial charge on any atom is 0.288 e. The lowest BCUT2D eigenvalue weighted by atomic mass is 10.1. The number of nitrogens with one attached hydrogen (secondary N) is 1. The van der Waals surface area contributed by atoms with Gasteiger partial charge in [0.15, 0.2) is 0 Å². The van der Waals surface area contributed by atoms with Crippen molar-refractivity contribution in [1.29, 1.82) is 0 Å². The van der Waals surface area contributed by atoms with Gasteiger partial charge in [-0.25, -0.2) is 0 Å². The Morgan fingerprint density at radius 3 is 2.50 bits per heavy atom. The first kappa shape index (κ1) is 15.5. The monoisotopic (exact) mass is 319 g/mol. The smallest absolute Gasteiger partial charge is 0.288 e. The average Bonchev–Trinajstić information content (AvgIpc) is 2.47. The quantitative estimate of drug-likeness (QED) is 0.665. The van der Waals surface area contributed by atoms with Gasteiger partial charge in [-0.3, -0.25) is 19.7 Å². The fraction of sp³-hybridized carbons (Fsp3) is 0. The first-order chi connectivity index (χ1) is 10.4. The summed E-state index contributed by atoms with van der Waals surface area (Å²) >= 11 is 5.69. The Kier molecular flexibility index (Phi) is 4.38. The molecule has 112 valence electrons. The van der Waals surface area contributed by atoms with Crippen LogP contribution in [0.2, 0.25) is 5.02 Å². The number of benzene rings is 2. The third kappa shape index (κ3) is 3.21. The van der Waals surface area contributed by atoms with Crippen molar-refractivity contribution in [2.45, 2.75) is 0 Å². The van der Waals surface area contributed by atoms with Crippen molar-refractivity contribution in [2.75, 3.05) is 5.32 Å². The molecule has 2 amide bonds. The maximum absolute atomic E-state index is 12.1. The van der Waals surface area contributed by atoms with E-state index in [-0.39, 0.29) is 27.5 Å². The molecule has 0 aliphatic heterocycles. The maximum atomic E-state index is 12.1. The van der Waals surface area contributed by atoms with Crippen LogP contribution in [-0.4, -0.2) is 16.7 Å². The number of para-hydroxylation sites is 1. The minimum absolute atomic E-state index is 0.0374. The molecule has 0 unspecified atom stereocenters. The molecule has 0 atom stereocenters. The SMILES string of the molecule is NC(=O)c1ccccc1NC(=O)c1ccc(Cl)c([N+](=O)[O-])c1. The minimum Gasteiger partial charge on any atom is -0.366 e. The fourth-order valence-electron chi connectivity index (χ4n) is 1.80. The van der Waals surface area contributed by atoms with Crippen molar-refractivity contribution in [3.8, 4) is 0 Å². The zero-order valence-electron chi connectivity index (χ0n) is 11.1. The second-order valence-electron chi connectivity index (χ2n) is 4.29. The van der Waals surface area contributed by atoms with Gasteiger partial charge in [0, 0.05) is 11.6 Å². The first-order valence-electron chi connectivity index (χ1n) is 6.04. The standard InChI is InChI=1S/C14H10ClN3O4/c15-10-6-5-8(7-12(10)18(21)22)14(20)17-11-4-2-1-3-9(11)13(16)19/h1-7H,(H2,16,19)(H,17,20). The Bertz CT molecular complexity index is 776. The summed E-state index contributed by atoms with van der Waals surface area (Å²) in [7, 11) is 0. The topological polar surface area (TPSA) is 115 Å². The molecule has 0 aliphatic rings. The number of rotatable bonds is 4. The number of hydrogen-bond acceptors (Lipinski definition) is 4. The molecule has 0 saturated heterocycles. The molecule has 0 aliphatic carbocycles. The summed E-state index contributed by atoms with van der Waals surface area (Å²) in [5, 5.41) is 13.2. The lowest BCUT2D eigenvalue weighted by molar-refractivity contribution is -0.384. The van der Waals surface area contributed by atoms with Crippen molar-refractivity contribution < 1.29 is 14.5 Å². The largest absolute Gasteiger partial charge is 0.366 e. The van der Waals surface area contributed by atoms with Gasteiger partial charge in [0.25, 0.3) is 17.5 Å². The van der Waals surface area contributed by atoms with Gasteiger partial charge in [-0.2, -0.15) is 0 Å². The Morgan fingerprint density at radius 2 is 1.86 bits per heavy atom. The van der Waals surface area contributed by atoms with Gasteiger partial charge >= 0.3 is 0 Å². The van der Waals surface area contributed by atoms with Crippen molar-refractivity contribution >= 4 is 34.8 Å². The number of carbonyl (C=O) groups excluding carboxylic acids is 2. The molecule has 0 bridgehead atoms. The van der Waals surface area contributed by atoms with Gasteiger partial charge in [-0.05, 0) is 24.3 Å². The predicted molar refractivity (Wildman–Crippen MR) is 81.0 cm³/mol. The molecule has 0 spiro atoms. The van der Waals surface area contributed by atoms with E-state index in [2.05, 4.69) is 5.32 Å². The van der Waals surface area contributed by atoms with Gasteiger partial charge in [-0.15, -0.1) is 0 Å². The Labute approximate surface area is 129 Å². The molecule has 0 saturated carbocycles. The lowest BCUT2D eigenvalue weighted by Crippen LogP contribution is -2.18. The third-order valence-electron chi connectivity index (χ3n) is 2.85. The van der Waals surface area contributed by atoms with Crippen LogP contribution in [0.1, 0.15) is 20.7 Å². The summed E-state index contributed by atoms with van der Waals surface area (Å²) in [6.07, 6.45) is 0. The molecule has 2 rings (SSSR count). The Morgan fingerprint density at radius 1 is 1.18 bits per heavy atom. The molecule has 3 N–H and O–H groups in total. The van der Waals surface area contributed by atoms with Crippen molar-refractivity contribution in [2.24, 2.45) is 5.73 Å². The molecule has 7 nitrogen and oxygen atoms in total. The number of nitro benzene ring substituents is 1. The number of carbonyl (C=O) groups is 2. The van der Waals surface area contributed by atoms with E-state index in [1.807, 2.05) is 0 Å². The number of halogens is 1. The van der Waals surface area contributed by atoms with E-state index in [1.165, 1.54) is 24.3 Å². The lowest BCUT2D eigenvalue weighted by Gasteiger charge is -2.09. The minimum atomic E-state index is -0.696. The first-order valence-corrected chi connectivity index (χ1v) is 6.42. The van der Waals surface area contributed by atoms with Crippen LogP contribution in [0.15, 0.2) is 42.5 Å². The van der Waals surface area contributed by atoms with Gasteiger partial charge < -0.3 is 11.1 Å². The summed E-state index contributed by atoms with van der Waals surface area (Å²) in [5.74, 6) is -1.31. The Balaban J connectivity index is 2.33. The van der Waals surface area contributed by atoms with Crippen molar-refractivity contribution in [1.82, 2.24) is 0 Å². The third-order valence-corrected chi connectivity index (χ3v) is 3.17. The zero-order chi connectivity index (χ0) is 16.3. The van der Waals surface area contributed by atoms with Crippen LogP contribution < -0.4 is 11.1 Å². The number of nitrogens with zero attached hydrogens (tertiary/aromatic N) is 1. The summed E-state index contributed by atoms with van der Waals surface area (Å²) in [6.45, 7) is 0. The molecule has 2 aromatic carbocycles. The summed E-state index contributed by atoms with van der Waals surface area (Å²) < 4.78 is 0. The van der Waals surface area contributed by atoms with Crippen molar-refractivity contribution in [3.05, 3.63) is 68.7 Å². The highest BCUT2D eigenvalue weighted by atomic mass is 35.5. The van der Waals surface area contributed by atoms with Gasteiger partial charge in [0.2, 0.25) is 0 Å². The van der Waals surface area contributed by atoms with E-state index in [0.29, 0.717) is 0 Å². The van der Waals surface area contributed by atoms with Crippen LogP contribution in [-0.2, 0) is 0 Å². The Hall–Kier alpha value is -2.93. The predicted octanol–water partition coefficient (Wildman–Crippen LogP) is 2.60. The van der Waals surface area contributed by atoms with E-state index in [0.717, 1.165) is 6.07 Å². The average molecular weight is 320 g/mol. The number of anilines is 1. The van der Waals surface area contributed by atoms with Gasteiger partial charge in [0.05, 0.1) is 16.2 Å². The number of primary amides is 1. The molecule has 8 heteroatoms. The molecule has 0 heterocycles. The van der Waals surface area contributed by atoms with E-state index in [4.69, 9.17) is 17.3 Å². The highest BCUT2D eigenvalue weighted by molar-refractivity contribution is 6.32. The van der Waals surface area contributed by atoms with Crippen LogP contribution >= 0.6 is 11.6 Å². The van der Waals surface area contributed by atoms with Crippen LogP contribution in [0.25, 0.3) is 0 Å². The van der Waals surface area contributed by atoms with Crippen molar-refractivity contribution in [3.63, 3.8) is 0 Å². The van der Waals surface area contributed by atoms with Gasteiger partial charge in [-0.1, -0.05) is 23.7 Å². The van der Waals surface area contributed by atoms with Crippen LogP contribution in [0.4, 0.5) is 11.4 Å². The number of hydrogen-bond donors (Lipinski definition) is 2. The highest BCUT2D eigenvalue weighted by Gasteiger charge is 2.17. The number of amides is 2. The fourth-order valence-corrected chi connectivity index (χ4v) is 1.98. The summed E-state index contributed by atoms with van der Waals surface area (Å²) in [5.41, 5.74) is 5.23. The van der Waals surface area contributed by atoms with E-state index >= 15 is 0 Å². The normalized spacial score (nSPS) is 10.0. The molecular weight excluding hydrogens is 310 g/mol. The second kappa shape index (κ2) is 6.23. The number of nitrogens with two attached hydrogens (primary N) is 1. The zero-order valence-corrected chi connectivity index (χ0v) is 11.8. The summed E-state index contributed by atoms with van der Waals surface area (Å²) in [4.78, 5) is 33.6. The molecule has 22 heavy (non-hydrogen) atoms. The molecule has 0 radical (unpaired) electrons. The van der Waals surface area contributed by atoms with E-state index < -0.39 is 16.7 Å². The van der Waals surface area contributed by atoms with Gasteiger partial charge in [0.1, 0.15) is 5.02 Å². The van der Waals surface area contributed by atoms with Crippen LogP contribution in [0, 0.1) is 10.1 Å². The highest BCUT2D eigenvalue weighted by Crippen LogP contribution is 2.25. The van der Waals surface area contributed by atoms with E-state index in [9.17, 15) is 19.7 Å². The molecule has 0 fully saturated rings.